The van der Waals surface area contributed by atoms with Crippen molar-refractivity contribution in [2.45, 2.75) is 6.18 Å². The highest BCUT2D eigenvalue weighted by Gasteiger charge is 2.32. The number of hydrogen-bond acceptors (Lipinski definition) is 3. The number of fused-ring (bicyclic) bond motifs is 1. The molecule has 0 atom stereocenters. The zero-order valence-electron chi connectivity index (χ0n) is 15.9. The Morgan fingerprint density at radius 2 is 1.67 bits per heavy atom. The van der Waals surface area contributed by atoms with E-state index in [1.54, 1.807) is 24.3 Å². The molecule has 1 saturated heterocycles. The summed E-state index contributed by atoms with van der Waals surface area (Å²) in [5.41, 5.74) is -0.0641. The summed E-state index contributed by atoms with van der Waals surface area (Å²) >= 11 is 0. The normalized spacial score (nSPS) is 14.7. The monoisotopic (exact) mass is 417 g/mol. The van der Waals surface area contributed by atoms with Crippen LogP contribution in [-0.2, 0) is 6.18 Å². The highest BCUT2D eigenvalue weighted by molar-refractivity contribution is 6.14. The van der Waals surface area contributed by atoms with Gasteiger partial charge in [0.2, 0.25) is 0 Å². The van der Waals surface area contributed by atoms with Crippen LogP contribution < -0.4 is 15.5 Å². The Hall–Kier alpha value is -3.13. The van der Waals surface area contributed by atoms with E-state index in [0.717, 1.165) is 12.1 Å². The van der Waals surface area contributed by atoms with E-state index in [1.165, 1.54) is 18.2 Å². The van der Waals surface area contributed by atoms with Crippen molar-refractivity contribution >= 4 is 28.1 Å². The molecule has 0 bridgehead atoms. The Balaban J connectivity index is 1.74. The highest BCUT2D eigenvalue weighted by atomic mass is 19.4. The number of carbonyl (C=O) groups is 1. The van der Waals surface area contributed by atoms with Crippen molar-refractivity contribution in [1.82, 2.24) is 5.32 Å². The smallest absolute Gasteiger partial charge is 0.367 e. The van der Waals surface area contributed by atoms with Gasteiger partial charge in [-0.1, -0.05) is 24.3 Å². The quantitative estimate of drug-likeness (QED) is 0.610. The number of nitrogens with one attached hydrogen (secondary N) is 2. The lowest BCUT2D eigenvalue weighted by atomic mass is 10.0. The molecule has 8 heteroatoms. The van der Waals surface area contributed by atoms with Crippen LogP contribution in [-0.4, -0.2) is 32.1 Å². The summed E-state index contributed by atoms with van der Waals surface area (Å²) in [6.45, 7) is 2.59. The van der Waals surface area contributed by atoms with Crippen LogP contribution in [0.4, 0.5) is 28.9 Å². The van der Waals surface area contributed by atoms with Crippen LogP contribution >= 0.6 is 0 Å². The van der Waals surface area contributed by atoms with Gasteiger partial charge in [-0.25, -0.2) is 4.39 Å². The zero-order valence-corrected chi connectivity index (χ0v) is 15.9. The first-order valence-corrected chi connectivity index (χ1v) is 9.50. The van der Waals surface area contributed by atoms with Gasteiger partial charge in [0.1, 0.15) is 5.82 Å². The van der Waals surface area contributed by atoms with Crippen molar-refractivity contribution in [2.24, 2.45) is 0 Å². The molecule has 1 amide bonds. The second kappa shape index (κ2) is 7.95. The maximum atomic E-state index is 14.1. The molecule has 30 heavy (non-hydrogen) atoms. The van der Waals surface area contributed by atoms with Gasteiger partial charge in [0.05, 0.1) is 16.9 Å². The first kappa shape index (κ1) is 20.2. The van der Waals surface area contributed by atoms with Crippen molar-refractivity contribution in [1.29, 1.82) is 0 Å². The van der Waals surface area contributed by atoms with E-state index in [0.29, 0.717) is 37.3 Å². The zero-order chi connectivity index (χ0) is 21.3. The van der Waals surface area contributed by atoms with E-state index in [1.807, 2.05) is 4.90 Å². The molecule has 1 aliphatic heterocycles. The molecular formula is C22H19F4N3O. The number of benzene rings is 3. The van der Waals surface area contributed by atoms with Crippen molar-refractivity contribution in [2.75, 3.05) is 36.4 Å². The van der Waals surface area contributed by atoms with Crippen molar-refractivity contribution in [3.05, 3.63) is 71.5 Å². The lowest BCUT2D eigenvalue weighted by molar-refractivity contribution is -0.137. The summed E-state index contributed by atoms with van der Waals surface area (Å²) in [6, 6.07) is 12.4. The SMILES string of the molecule is O=C(Nc1cc(C(F)(F)F)ccc1N1CCNCC1)c1ccc(F)c2ccccc12. The number of nitrogens with zero attached hydrogens (tertiary/aromatic N) is 1. The van der Waals surface area contributed by atoms with Gasteiger partial charge in [0, 0.05) is 37.1 Å². The first-order chi connectivity index (χ1) is 14.3. The molecule has 1 heterocycles. The average Bonchev–Trinajstić information content (AvgIpc) is 2.74. The number of piperazine rings is 1. The number of anilines is 2. The molecule has 4 rings (SSSR count). The summed E-state index contributed by atoms with van der Waals surface area (Å²) in [4.78, 5) is 14.9. The standard InChI is InChI=1S/C22H19F4N3O/c23-18-7-6-17(15-3-1-2-4-16(15)18)21(30)28-19-13-14(22(24,25)26)5-8-20(19)29-11-9-27-10-12-29/h1-8,13,27H,9-12H2,(H,28,30). The first-order valence-electron chi connectivity index (χ1n) is 9.50. The fourth-order valence-electron chi connectivity index (χ4n) is 3.64. The van der Waals surface area contributed by atoms with Crippen LogP contribution in [0.3, 0.4) is 0 Å². The van der Waals surface area contributed by atoms with Crippen LogP contribution in [0.25, 0.3) is 10.8 Å². The molecule has 0 unspecified atom stereocenters. The molecule has 156 valence electrons. The number of amides is 1. The van der Waals surface area contributed by atoms with Gasteiger partial charge in [-0.2, -0.15) is 13.2 Å². The largest absolute Gasteiger partial charge is 0.416 e. The Labute approximate surface area is 170 Å². The topological polar surface area (TPSA) is 44.4 Å². The van der Waals surface area contributed by atoms with E-state index in [9.17, 15) is 22.4 Å². The van der Waals surface area contributed by atoms with E-state index in [2.05, 4.69) is 10.6 Å². The van der Waals surface area contributed by atoms with Gasteiger partial charge in [-0.15, -0.1) is 0 Å². The fraction of sp³-hybridized carbons (Fsp3) is 0.227. The van der Waals surface area contributed by atoms with E-state index in [4.69, 9.17) is 0 Å². The Morgan fingerprint density at radius 3 is 2.37 bits per heavy atom. The van der Waals surface area contributed by atoms with Crippen molar-refractivity contribution < 1.29 is 22.4 Å². The minimum absolute atomic E-state index is 0.0742. The van der Waals surface area contributed by atoms with Gasteiger partial charge in [-0.05, 0) is 35.7 Å². The maximum absolute atomic E-state index is 14.1. The second-order valence-corrected chi connectivity index (χ2v) is 7.06. The third-order valence-corrected chi connectivity index (χ3v) is 5.15. The maximum Gasteiger partial charge on any atom is 0.416 e. The minimum Gasteiger partial charge on any atom is -0.367 e. The van der Waals surface area contributed by atoms with Gasteiger partial charge in [0.15, 0.2) is 0 Å². The fourth-order valence-corrected chi connectivity index (χ4v) is 3.64. The predicted octanol–water partition coefficient (Wildman–Crippen LogP) is 4.66. The number of halogens is 4. The molecule has 3 aromatic carbocycles. The number of rotatable bonds is 3. The van der Waals surface area contributed by atoms with Crippen LogP contribution in [0.2, 0.25) is 0 Å². The molecule has 1 aliphatic rings. The Morgan fingerprint density at radius 1 is 0.967 bits per heavy atom. The summed E-state index contributed by atoms with van der Waals surface area (Å²) in [6.07, 6.45) is -4.54. The van der Waals surface area contributed by atoms with Gasteiger partial charge < -0.3 is 15.5 Å². The van der Waals surface area contributed by atoms with Gasteiger partial charge in [0.25, 0.3) is 5.91 Å². The highest BCUT2D eigenvalue weighted by Crippen LogP contribution is 2.36. The third-order valence-electron chi connectivity index (χ3n) is 5.15. The van der Waals surface area contributed by atoms with E-state index < -0.39 is 23.5 Å². The van der Waals surface area contributed by atoms with Crippen LogP contribution in [0, 0.1) is 5.82 Å². The molecule has 1 fully saturated rings. The second-order valence-electron chi connectivity index (χ2n) is 7.06. The molecule has 2 N–H and O–H groups in total. The minimum atomic E-state index is -4.54. The number of hydrogen-bond donors (Lipinski definition) is 2. The molecule has 3 aromatic rings. The van der Waals surface area contributed by atoms with Crippen LogP contribution in [0.5, 0.6) is 0 Å². The molecular weight excluding hydrogens is 398 g/mol. The van der Waals surface area contributed by atoms with E-state index >= 15 is 0 Å². The predicted molar refractivity (Wildman–Crippen MR) is 108 cm³/mol. The van der Waals surface area contributed by atoms with Crippen molar-refractivity contribution in [3.8, 4) is 0 Å². The van der Waals surface area contributed by atoms with Crippen LogP contribution in [0.1, 0.15) is 15.9 Å². The summed E-state index contributed by atoms with van der Waals surface area (Å²) < 4.78 is 53.9. The molecule has 0 aromatic heterocycles. The molecule has 0 spiro atoms. The molecule has 0 radical (unpaired) electrons. The van der Waals surface area contributed by atoms with Crippen molar-refractivity contribution in [3.63, 3.8) is 0 Å². The number of carbonyl (C=O) groups excluding carboxylic acids is 1. The lowest BCUT2D eigenvalue weighted by Gasteiger charge is -2.31. The third kappa shape index (κ3) is 3.95. The average molecular weight is 417 g/mol. The lowest BCUT2D eigenvalue weighted by Crippen LogP contribution is -2.43. The summed E-state index contributed by atoms with van der Waals surface area (Å²) in [5.74, 6) is -1.07. The number of alkyl halides is 3. The summed E-state index contributed by atoms with van der Waals surface area (Å²) in [7, 11) is 0. The molecule has 0 aliphatic carbocycles. The Kier molecular flexibility index (Phi) is 5.34. The summed E-state index contributed by atoms with van der Waals surface area (Å²) in [5, 5.41) is 6.48. The van der Waals surface area contributed by atoms with Gasteiger partial charge >= 0.3 is 6.18 Å². The van der Waals surface area contributed by atoms with E-state index in [-0.39, 0.29) is 16.6 Å². The molecule has 0 saturated carbocycles. The van der Waals surface area contributed by atoms with Gasteiger partial charge in [-0.3, -0.25) is 4.79 Å². The van der Waals surface area contributed by atoms with Crippen LogP contribution in [0.15, 0.2) is 54.6 Å². The molecule has 4 nitrogen and oxygen atoms in total. The Bertz CT molecular complexity index is 1090.